The van der Waals surface area contributed by atoms with E-state index in [1.807, 2.05) is 4.90 Å². The summed E-state index contributed by atoms with van der Waals surface area (Å²) in [5, 5.41) is 0. The van der Waals surface area contributed by atoms with E-state index in [2.05, 4.69) is 4.90 Å². The van der Waals surface area contributed by atoms with Crippen molar-refractivity contribution in [1.29, 1.82) is 0 Å². The van der Waals surface area contributed by atoms with Crippen LogP contribution in [-0.2, 0) is 0 Å². The first-order valence-corrected chi connectivity index (χ1v) is 7.09. The zero-order valence-corrected chi connectivity index (χ0v) is 11.3. The summed E-state index contributed by atoms with van der Waals surface area (Å²) in [6.45, 7) is 3.79. The first kappa shape index (κ1) is 13.6. The molecule has 20 heavy (non-hydrogen) atoms. The van der Waals surface area contributed by atoms with E-state index in [0.29, 0.717) is 6.04 Å². The van der Waals surface area contributed by atoms with Crippen molar-refractivity contribution in [3.63, 3.8) is 0 Å². The number of halogens is 2. The van der Waals surface area contributed by atoms with E-state index in [4.69, 9.17) is 0 Å². The normalized spacial score (nSPS) is 23.8. The van der Waals surface area contributed by atoms with Crippen LogP contribution in [0, 0.1) is 11.6 Å². The highest BCUT2D eigenvalue weighted by atomic mass is 19.1. The van der Waals surface area contributed by atoms with Gasteiger partial charge in [0.05, 0.1) is 12.1 Å². The number of hydrogen-bond donors (Lipinski definition) is 0. The number of piperazine rings is 1. The molecule has 2 heterocycles. The standard InChI is InChI=1S/C15H18F2N2O/c16-12-4-1-5-13(17)15(12)14(20)10-18-7-8-19-6-2-3-11(19)9-18/h1,4-5,11H,2-3,6-10H2. The number of benzene rings is 1. The maximum atomic E-state index is 13.6. The minimum atomic E-state index is -0.769. The van der Waals surface area contributed by atoms with Gasteiger partial charge < -0.3 is 0 Å². The quantitative estimate of drug-likeness (QED) is 0.790. The molecular formula is C15H18F2N2O. The fourth-order valence-corrected chi connectivity index (χ4v) is 3.25. The Morgan fingerprint density at radius 3 is 2.70 bits per heavy atom. The molecular weight excluding hydrogens is 262 g/mol. The Bertz CT molecular complexity index is 500. The van der Waals surface area contributed by atoms with Gasteiger partial charge in [0.2, 0.25) is 0 Å². The van der Waals surface area contributed by atoms with Crippen LogP contribution in [0.5, 0.6) is 0 Å². The van der Waals surface area contributed by atoms with E-state index < -0.39 is 23.0 Å². The molecule has 3 rings (SSSR count). The molecule has 0 bridgehead atoms. The highest BCUT2D eigenvalue weighted by Crippen LogP contribution is 2.22. The Hall–Kier alpha value is -1.33. The van der Waals surface area contributed by atoms with Crippen molar-refractivity contribution >= 4 is 5.78 Å². The van der Waals surface area contributed by atoms with Gasteiger partial charge in [0.15, 0.2) is 5.78 Å². The molecule has 1 unspecified atom stereocenters. The molecule has 2 saturated heterocycles. The van der Waals surface area contributed by atoms with Crippen molar-refractivity contribution in [1.82, 2.24) is 9.80 Å². The van der Waals surface area contributed by atoms with Crippen LogP contribution in [0.3, 0.4) is 0 Å². The highest BCUT2D eigenvalue weighted by Gasteiger charge is 2.31. The Morgan fingerprint density at radius 2 is 1.95 bits per heavy atom. The van der Waals surface area contributed by atoms with Crippen molar-refractivity contribution in [2.45, 2.75) is 18.9 Å². The van der Waals surface area contributed by atoms with Crippen LogP contribution >= 0.6 is 0 Å². The van der Waals surface area contributed by atoms with Crippen LogP contribution in [0.25, 0.3) is 0 Å². The molecule has 2 aliphatic rings. The fourth-order valence-electron chi connectivity index (χ4n) is 3.25. The van der Waals surface area contributed by atoms with Crippen molar-refractivity contribution in [3.8, 4) is 0 Å². The number of hydrogen-bond acceptors (Lipinski definition) is 3. The lowest BCUT2D eigenvalue weighted by Gasteiger charge is -2.37. The third-order valence-corrected chi connectivity index (χ3v) is 4.28. The summed E-state index contributed by atoms with van der Waals surface area (Å²) in [6.07, 6.45) is 2.35. The Balaban J connectivity index is 1.67. The number of carbonyl (C=O) groups is 1. The largest absolute Gasteiger partial charge is 0.298 e. The number of nitrogens with zero attached hydrogens (tertiary/aromatic N) is 2. The molecule has 2 aliphatic heterocycles. The number of ketones is 1. The highest BCUT2D eigenvalue weighted by molar-refractivity contribution is 5.98. The van der Waals surface area contributed by atoms with E-state index in [9.17, 15) is 13.6 Å². The average Bonchev–Trinajstić information content (AvgIpc) is 2.85. The fraction of sp³-hybridized carbons (Fsp3) is 0.533. The van der Waals surface area contributed by atoms with Gasteiger partial charge in [-0.3, -0.25) is 14.6 Å². The molecule has 1 atom stereocenters. The van der Waals surface area contributed by atoms with Crippen LogP contribution in [0.15, 0.2) is 18.2 Å². The van der Waals surface area contributed by atoms with Gasteiger partial charge in [0.1, 0.15) is 11.6 Å². The van der Waals surface area contributed by atoms with Crippen LogP contribution in [0.2, 0.25) is 0 Å². The number of fused-ring (bicyclic) bond motifs is 1. The first-order valence-electron chi connectivity index (χ1n) is 7.09. The van der Waals surface area contributed by atoms with Crippen LogP contribution in [0.1, 0.15) is 23.2 Å². The molecule has 2 fully saturated rings. The third-order valence-electron chi connectivity index (χ3n) is 4.28. The van der Waals surface area contributed by atoms with Crippen LogP contribution in [-0.4, -0.2) is 54.3 Å². The van der Waals surface area contributed by atoms with Gasteiger partial charge in [-0.2, -0.15) is 0 Å². The zero-order valence-electron chi connectivity index (χ0n) is 11.3. The predicted molar refractivity (Wildman–Crippen MR) is 71.7 cm³/mol. The monoisotopic (exact) mass is 280 g/mol. The summed E-state index contributed by atoms with van der Waals surface area (Å²) in [6, 6.07) is 4.04. The maximum Gasteiger partial charge on any atom is 0.182 e. The van der Waals surface area contributed by atoms with Gasteiger partial charge >= 0.3 is 0 Å². The lowest BCUT2D eigenvalue weighted by atomic mass is 10.1. The molecule has 0 saturated carbocycles. The molecule has 0 aromatic heterocycles. The third kappa shape index (κ3) is 2.60. The molecule has 3 nitrogen and oxygen atoms in total. The van der Waals surface area contributed by atoms with Crippen molar-refractivity contribution in [2.75, 3.05) is 32.7 Å². The minimum Gasteiger partial charge on any atom is -0.298 e. The molecule has 0 aliphatic carbocycles. The lowest BCUT2D eigenvalue weighted by Crippen LogP contribution is -2.51. The van der Waals surface area contributed by atoms with Gasteiger partial charge in [-0.1, -0.05) is 6.07 Å². The molecule has 0 N–H and O–H groups in total. The van der Waals surface area contributed by atoms with E-state index >= 15 is 0 Å². The summed E-state index contributed by atoms with van der Waals surface area (Å²) >= 11 is 0. The smallest absolute Gasteiger partial charge is 0.182 e. The molecule has 0 amide bonds. The van der Waals surface area contributed by atoms with Crippen LogP contribution in [0.4, 0.5) is 8.78 Å². The van der Waals surface area contributed by atoms with Crippen molar-refractivity contribution < 1.29 is 13.6 Å². The molecule has 0 radical (unpaired) electrons. The lowest BCUT2D eigenvalue weighted by molar-refractivity contribution is 0.0777. The first-order chi connectivity index (χ1) is 9.65. The van der Waals surface area contributed by atoms with E-state index in [0.717, 1.165) is 44.7 Å². The average molecular weight is 280 g/mol. The minimum absolute atomic E-state index is 0.0994. The number of rotatable bonds is 3. The second kappa shape index (κ2) is 5.58. The topological polar surface area (TPSA) is 23.6 Å². The molecule has 1 aromatic rings. The van der Waals surface area contributed by atoms with Crippen LogP contribution < -0.4 is 0 Å². The summed E-state index contributed by atoms with van der Waals surface area (Å²) in [7, 11) is 0. The maximum absolute atomic E-state index is 13.6. The van der Waals surface area contributed by atoms with E-state index in [1.165, 1.54) is 12.5 Å². The molecule has 108 valence electrons. The molecule has 1 aromatic carbocycles. The number of carbonyl (C=O) groups excluding carboxylic acids is 1. The second-order valence-corrected chi connectivity index (χ2v) is 5.59. The second-order valence-electron chi connectivity index (χ2n) is 5.59. The summed E-state index contributed by atoms with van der Waals surface area (Å²) in [5.74, 6) is -2.00. The summed E-state index contributed by atoms with van der Waals surface area (Å²) < 4.78 is 27.2. The Morgan fingerprint density at radius 1 is 1.20 bits per heavy atom. The molecule has 0 spiro atoms. The van der Waals surface area contributed by atoms with Gasteiger partial charge in [-0.15, -0.1) is 0 Å². The van der Waals surface area contributed by atoms with E-state index in [1.54, 1.807) is 0 Å². The number of Topliss-reactive ketones (excluding diaryl/α,β-unsaturated/α-hetero) is 1. The van der Waals surface area contributed by atoms with E-state index in [-0.39, 0.29) is 6.54 Å². The summed E-state index contributed by atoms with van der Waals surface area (Å²) in [4.78, 5) is 16.6. The van der Waals surface area contributed by atoms with Gasteiger partial charge in [-0.05, 0) is 31.5 Å². The van der Waals surface area contributed by atoms with Gasteiger partial charge in [-0.25, -0.2) is 8.78 Å². The van der Waals surface area contributed by atoms with Gasteiger partial charge in [0, 0.05) is 25.7 Å². The SMILES string of the molecule is O=C(CN1CCN2CCCC2C1)c1c(F)cccc1F. The van der Waals surface area contributed by atoms with Crippen molar-refractivity contribution in [3.05, 3.63) is 35.4 Å². The van der Waals surface area contributed by atoms with Gasteiger partial charge in [0.25, 0.3) is 0 Å². The summed E-state index contributed by atoms with van der Waals surface area (Å²) in [5.41, 5.74) is -0.402. The zero-order chi connectivity index (χ0) is 14.1. The predicted octanol–water partition coefficient (Wildman–Crippen LogP) is 1.93. The molecule has 5 heteroatoms. The Kier molecular flexibility index (Phi) is 3.81. The van der Waals surface area contributed by atoms with Crippen molar-refractivity contribution in [2.24, 2.45) is 0 Å². The Labute approximate surface area is 117 Å².